The minimum atomic E-state index is -3.69. The molecule has 0 aliphatic heterocycles. The van der Waals surface area contributed by atoms with Crippen LogP contribution in [0.1, 0.15) is 30.9 Å². The zero-order chi connectivity index (χ0) is 18.6. The number of anilines is 1. The fraction of sp³-hybridized carbons (Fsp3) is 0.316. The number of carbonyl (C=O) groups excluding carboxylic acids is 1. The Balaban J connectivity index is 2.16. The zero-order valence-electron chi connectivity index (χ0n) is 15.0. The number of hydrogen-bond donors (Lipinski definition) is 1. The van der Waals surface area contributed by atoms with Crippen LogP contribution in [-0.2, 0) is 14.8 Å². The van der Waals surface area contributed by atoms with Crippen molar-refractivity contribution in [2.45, 2.75) is 31.6 Å². The van der Waals surface area contributed by atoms with Gasteiger partial charge in [0.1, 0.15) is 0 Å². The maximum Gasteiger partial charge on any atom is 0.243 e. The maximum absolute atomic E-state index is 12.5. The largest absolute Gasteiger partial charge is 0.324 e. The summed E-state index contributed by atoms with van der Waals surface area (Å²) in [5.74, 6) is -0.112. The Kier molecular flexibility index (Phi) is 5.98. The number of nitrogens with one attached hydrogen (secondary N) is 1. The molecule has 0 heterocycles. The van der Waals surface area contributed by atoms with E-state index in [9.17, 15) is 13.2 Å². The average molecular weight is 360 g/mol. The summed E-state index contributed by atoms with van der Waals surface area (Å²) >= 11 is 0. The molecule has 2 aromatic rings. The second-order valence-electron chi connectivity index (χ2n) is 6.32. The van der Waals surface area contributed by atoms with E-state index in [0.29, 0.717) is 0 Å². The van der Waals surface area contributed by atoms with Gasteiger partial charge in [-0.1, -0.05) is 50.2 Å². The van der Waals surface area contributed by atoms with E-state index in [0.717, 1.165) is 21.1 Å². The highest BCUT2D eigenvalue weighted by molar-refractivity contribution is 7.89. The van der Waals surface area contributed by atoms with Crippen molar-refractivity contribution < 1.29 is 13.2 Å². The van der Waals surface area contributed by atoms with Crippen LogP contribution in [0.2, 0.25) is 0 Å². The Hall–Kier alpha value is -2.18. The molecule has 0 atom stereocenters. The fourth-order valence-corrected chi connectivity index (χ4v) is 3.73. The van der Waals surface area contributed by atoms with Gasteiger partial charge in [0.25, 0.3) is 0 Å². The third-order valence-electron chi connectivity index (χ3n) is 4.01. The molecule has 5 nitrogen and oxygen atoms in total. The Bertz CT molecular complexity index is 846. The molecule has 2 aromatic carbocycles. The number of hydrogen-bond acceptors (Lipinski definition) is 3. The molecule has 0 saturated heterocycles. The molecule has 0 spiro atoms. The molecule has 0 unspecified atom stereocenters. The van der Waals surface area contributed by atoms with Gasteiger partial charge < -0.3 is 5.32 Å². The van der Waals surface area contributed by atoms with Crippen LogP contribution < -0.4 is 5.32 Å². The number of carbonyl (C=O) groups is 1. The molecule has 0 aliphatic rings. The SMILES string of the molecule is Cc1cccc(C(C)C)c1NC(=O)CN(C)S(=O)(=O)c1ccccc1. The number of sulfonamides is 1. The van der Waals surface area contributed by atoms with Gasteiger partial charge in [-0.15, -0.1) is 0 Å². The minimum Gasteiger partial charge on any atom is -0.324 e. The molecular weight excluding hydrogens is 336 g/mol. The summed E-state index contributed by atoms with van der Waals surface area (Å²) < 4.78 is 26.1. The van der Waals surface area contributed by atoms with Crippen LogP contribution in [0, 0.1) is 6.92 Å². The second-order valence-corrected chi connectivity index (χ2v) is 8.36. The first-order valence-corrected chi connectivity index (χ1v) is 9.58. The summed E-state index contributed by atoms with van der Waals surface area (Å²) in [6.07, 6.45) is 0. The molecule has 0 bridgehead atoms. The van der Waals surface area contributed by atoms with E-state index >= 15 is 0 Å². The van der Waals surface area contributed by atoms with Gasteiger partial charge in [0.05, 0.1) is 11.4 Å². The molecule has 0 radical (unpaired) electrons. The van der Waals surface area contributed by atoms with E-state index < -0.39 is 10.0 Å². The fourth-order valence-electron chi connectivity index (χ4n) is 2.58. The summed E-state index contributed by atoms with van der Waals surface area (Å²) in [5.41, 5.74) is 2.74. The van der Waals surface area contributed by atoms with Crippen molar-refractivity contribution in [1.29, 1.82) is 0 Å². The highest BCUT2D eigenvalue weighted by Gasteiger charge is 2.23. The lowest BCUT2D eigenvalue weighted by Crippen LogP contribution is -2.35. The molecule has 6 heteroatoms. The molecule has 0 aromatic heterocycles. The highest BCUT2D eigenvalue weighted by atomic mass is 32.2. The first kappa shape index (κ1) is 19.1. The smallest absolute Gasteiger partial charge is 0.243 e. The molecule has 0 saturated carbocycles. The third kappa shape index (κ3) is 4.46. The van der Waals surface area contributed by atoms with E-state index in [1.165, 1.54) is 19.2 Å². The maximum atomic E-state index is 12.5. The van der Waals surface area contributed by atoms with Gasteiger partial charge in [-0.05, 0) is 36.1 Å². The predicted octanol–water partition coefficient (Wildman–Crippen LogP) is 3.38. The quantitative estimate of drug-likeness (QED) is 0.859. The lowest BCUT2D eigenvalue weighted by atomic mass is 9.98. The zero-order valence-corrected chi connectivity index (χ0v) is 15.8. The van der Waals surface area contributed by atoms with Crippen molar-refractivity contribution in [2.24, 2.45) is 0 Å². The van der Waals surface area contributed by atoms with Crippen molar-refractivity contribution in [3.8, 4) is 0 Å². The third-order valence-corrected chi connectivity index (χ3v) is 5.83. The van der Waals surface area contributed by atoms with Gasteiger partial charge in [-0.3, -0.25) is 4.79 Å². The molecule has 1 amide bonds. The van der Waals surface area contributed by atoms with Gasteiger partial charge in [0, 0.05) is 12.7 Å². The summed E-state index contributed by atoms with van der Waals surface area (Å²) in [5, 5.41) is 2.87. The van der Waals surface area contributed by atoms with Crippen LogP contribution in [0.15, 0.2) is 53.4 Å². The van der Waals surface area contributed by atoms with Crippen LogP contribution in [-0.4, -0.2) is 32.2 Å². The summed E-state index contributed by atoms with van der Waals surface area (Å²) in [6.45, 7) is 5.78. The summed E-state index contributed by atoms with van der Waals surface area (Å²) in [7, 11) is -2.28. The molecule has 2 rings (SSSR count). The van der Waals surface area contributed by atoms with Crippen molar-refractivity contribution in [3.05, 3.63) is 59.7 Å². The van der Waals surface area contributed by atoms with Crippen LogP contribution in [0.25, 0.3) is 0 Å². The van der Waals surface area contributed by atoms with E-state index in [1.54, 1.807) is 18.2 Å². The van der Waals surface area contributed by atoms with Gasteiger partial charge in [0.15, 0.2) is 0 Å². The van der Waals surface area contributed by atoms with Crippen molar-refractivity contribution in [1.82, 2.24) is 4.31 Å². The average Bonchev–Trinajstić information content (AvgIpc) is 2.57. The van der Waals surface area contributed by atoms with Crippen LogP contribution in [0.4, 0.5) is 5.69 Å². The van der Waals surface area contributed by atoms with Gasteiger partial charge in [-0.2, -0.15) is 4.31 Å². The molecule has 0 aliphatic carbocycles. The van der Waals surface area contributed by atoms with E-state index in [-0.39, 0.29) is 23.3 Å². The van der Waals surface area contributed by atoms with Crippen molar-refractivity contribution >= 4 is 21.6 Å². The van der Waals surface area contributed by atoms with E-state index in [1.807, 2.05) is 25.1 Å². The number of likely N-dealkylation sites (N-methyl/N-ethyl adjacent to an activating group) is 1. The number of amides is 1. The lowest BCUT2D eigenvalue weighted by molar-refractivity contribution is -0.116. The lowest BCUT2D eigenvalue weighted by Gasteiger charge is -2.19. The minimum absolute atomic E-state index is 0.170. The number of rotatable bonds is 6. The van der Waals surface area contributed by atoms with Crippen molar-refractivity contribution in [3.63, 3.8) is 0 Å². The van der Waals surface area contributed by atoms with Crippen LogP contribution in [0.5, 0.6) is 0 Å². The summed E-state index contributed by atoms with van der Waals surface area (Å²) in [6, 6.07) is 13.9. The van der Waals surface area contributed by atoms with Gasteiger partial charge in [0.2, 0.25) is 15.9 Å². The highest BCUT2D eigenvalue weighted by Crippen LogP contribution is 2.27. The van der Waals surface area contributed by atoms with Crippen LogP contribution in [0.3, 0.4) is 0 Å². The second kappa shape index (κ2) is 7.80. The van der Waals surface area contributed by atoms with Crippen LogP contribution >= 0.6 is 0 Å². The Morgan fingerprint density at radius 3 is 2.32 bits per heavy atom. The number of para-hydroxylation sites is 1. The topological polar surface area (TPSA) is 66.5 Å². The first-order chi connectivity index (χ1) is 11.7. The van der Waals surface area contributed by atoms with Gasteiger partial charge in [-0.25, -0.2) is 8.42 Å². The Labute approximate surface area is 149 Å². The van der Waals surface area contributed by atoms with E-state index in [2.05, 4.69) is 19.2 Å². The number of benzene rings is 2. The van der Waals surface area contributed by atoms with E-state index in [4.69, 9.17) is 0 Å². The number of nitrogens with zero attached hydrogens (tertiary/aromatic N) is 1. The monoisotopic (exact) mass is 360 g/mol. The molecule has 0 fully saturated rings. The Morgan fingerprint density at radius 1 is 1.08 bits per heavy atom. The Morgan fingerprint density at radius 2 is 1.72 bits per heavy atom. The predicted molar refractivity (Wildman–Crippen MR) is 100 cm³/mol. The molecule has 134 valence electrons. The molecule has 1 N–H and O–H groups in total. The van der Waals surface area contributed by atoms with Crippen molar-refractivity contribution in [2.75, 3.05) is 18.9 Å². The summed E-state index contributed by atoms with van der Waals surface area (Å²) in [4.78, 5) is 12.6. The molecular formula is C19H24N2O3S. The normalized spacial score (nSPS) is 11.8. The first-order valence-electron chi connectivity index (χ1n) is 8.14. The molecule has 25 heavy (non-hydrogen) atoms. The standard InChI is InChI=1S/C19H24N2O3S/c1-14(2)17-12-8-9-15(3)19(17)20-18(22)13-21(4)25(23,24)16-10-6-5-7-11-16/h5-12,14H,13H2,1-4H3,(H,20,22). The number of aryl methyl sites for hydroxylation is 1. The van der Waals surface area contributed by atoms with Gasteiger partial charge >= 0.3 is 0 Å².